The number of nitrogens with one attached hydrogen (secondary N) is 2. The lowest BCUT2D eigenvalue weighted by Gasteiger charge is -2.27. The molecule has 0 saturated heterocycles. The summed E-state index contributed by atoms with van der Waals surface area (Å²) in [6.45, 7) is 4.78. The van der Waals surface area contributed by atoms with Crippen LogP contribution in [0, 0.1) is 0 Å². The molecule has 0 aromatic heterocycles. The maximum atomic E-state index is 13.3. The molecule has 2 amide bonds. The largest absolute Gasteiger partial charge is 0.326 e. The number of amides is 2. The summed E-state index contributed by atoms with van der Waals surface area (Å²) < 4.78 is 27.7. The Bertz CT molecular complexity index is 956. The first-order valence-electron chi connectivity index (χ1n) is 8.65. The Morgan fingerprint density at radius 2 is 1.68 bits per heavy atom. The van der Waals surface area contributed by atoms with Gasteiger partial charge in [-0.2, -0.15) is 0 Å². The van der Waals surface area contributed by atoms with Gasteiger partial charge in [-0.15, -0.1) is 0 Å². The van der Waals surface area contributed by atoms with Crippen LogP contribution in [-0.4, -0.2) is 26.8 Å². The molecule has 8 nitrogen and oxygen atoms in total. The van der Waals surface area contributed by atoms with Gasteiger partial charge in [-0.25, -0.2) is 14.3 Å². The summed E-state index contributed by atoms with van der Waals surface area (Å²) in [5.74, 6) is 4.32. The van der Waals surface area contributed by atoms with E-state index in [4.69, 9.17) is 5.84 Å². The molecule has 0 saturated carbocycles. The first kappa shape index (κ1) is 21.4. The zero-order valence-corrected chi connectivity index (χ0v) is 16.8. The van der Waals surface area contributed by atoms with Crippen molar-refractivity contribution in [1.29, 1.82) is 0 Å². The number of nitrogens with zero attached hydrogens (tertiary/aromatic N) is 1. The van der Waals surface area contributed by atoms with Crippen molar-refractivity contribution >= 4 is 33.2 Å². The Labute approximate surface area is 164 Å². The number of sulfonamides is 1. The monoisotopic (exact) mass is 404 g/mol. The summed E-state index contributed by atoms with van der Waals surface area (Å²) in [6, 6.07) is 12.7. The Morgan fingerprint density at radius 3 is 2.21 bits per heavy atom. The maximum absolute atomic E-state index is 13.3. The second-order valence-corrected chi connectivity index (χ2v) is 8.36. The number of rotatable bonds is 7. The quantitative estimate of drug-likeness (QED) is 0.370. The van der Waals surface area contributed by atoms with Crippen LogP contribution in [0.25, 0.3) is 0 Å². The summed E-state index contributed by atoms with van der Waals surface area (Å²) in [5, 5.41) is 2.58. The van der Waals surface area contributed by atoms with E-state index in [9.17, 15) is 18.0 Å². The van der Waals surface area contributed by atoms with E-state index in [1.807, 2.05) is 31.4 Å². The summed E-state index contributed by atoms with van der Waals surface area (Å²) in [7, 11) is -4.06. The Hall–Kier alpha value is -2.91. The summed E-state index contributed by atoms with van der Waals surface area (Å²) in [6.07, 6.45) is 0. The van der Waals surface area contributed by atoms with Crippen molar-refractivity contribution < 1.29 is 18.0 Å². The van der Waals surface area contributed by atoms with Crippen LogP contribution in [0.2, 0.25) is 0 Å². The van der Waals surface area contributed by atoms with E-state index in [2.05, 4.69) is 5.32 Å². The molecule has 2 aromatic carbocycles. The Kier molecular flexibility index (Phi) is 6.76. The van der Waals surface area contributed by atoms with Gasteiger partial charge in [0, 0.05) is 12.6 Å². The van der Waals surface area contributed by atoms with E-state index in [0.717, 1.165) is 9.87 Å². The molecule has 0 atom stereocenters. The average molecular weight is 404 g/mol. The molecule has 2 rings (SSSR count). The molecule has 150 valence electrons. The second kappa shape index (κ2) is 8.85. The van der Waals surface area contributed by atoms with Gasteiger partial charge in [-0.3, -0.25) is 19.3 Å². The van der Waals surface area contributed by atoms with E-state index in [0.29, 0.717) is 11.4 Å². The number of benzene rings is 2. The lowest BCUT2D eigenvalue weighted by atomic mass is 10.0. The van der Waals surface area contributed by atoms with Crippen molar-refractivity contribution in [2.45, 2.75) is 31.6 Å². The molecule has 0 unspecified atom stereocenters. The van der Waals surface area contributed by atoms with Crippen LogP contribution in [0.3, 0.4) is 0 Å². The van der Waals surface area contributed by atoms with Crippen molar-refractivity contribution in [2.24, 2.45) is 5.84 Å². The number of nitrogens with two attached hydrogens (primary N) is 1. The number of hydrogen-bond acceptors (Lipinski definition) is 5. The van der Waals surface area contributed by atoms with E-state index in [1.54, 1.807) is 12.1 Å². The van der Waals surface area contributed by atoms with E-state index >= 15 is 0 Å². The molecule has 0 aliphatic heterocycles. The van der Waals surface area contributed by atoms with Crippen LogP contribution in [0.5, 0.6) is 0 Å². The van der Waals surface area contributed by atoms with E-state index in [-0.39, 0.29) is 16.7 Å². The molecular weight excluding hydrogens is 380 g/mol. The summed E-state index contributed by atoms with van der Waals surface area (Å²) >= 11 is 0. The molecule has 2 aromatic rings. The normalized spacial score (nSPS) is 11.2. The minimum absolute atomic E-state index is 0.00928. The van der Waals surface area contributed by atoms with Crippen molar-refractivity contribution in [3.05, 3.63) is 54.1 Å². The Morgan fingerprint density at radius 1 is 1.07 bits per heavy atom. The molecule has 0 aliphatic carbocycles. The number of hydrazine groups is 1. The highest BCUT2D eigenvalue weighted by molar-refractivity contribution is 7.92. The van der Waals surface area contributed by atoms with E-state index in [1.165, 1.54) is 31.2 Å². The lowest BCUT2D eigenvalue weighted by Crippen LogP contribution is -2.43. The minimum Gasteiger partial charge on any atom is -0.326 e. The highest BCUT2D eigenvalue weighted by Crippen LogP contribution is 2.31. The molecule has 4 N–H and O–H groups in total. The third kappa shape index (κ3) is 4.87. The molecule has 0 aliphatic rings. The number of para-hydroxylation sites is 1. The third-order valence-corrected chi connectivity index (χ3v) is 5.81. The van der Waals surface area contributed by atoms with Gasteiger partial charge in [0.2, 0.25) is 5.91 Å². The molecule has 0 fully saturated rings. The van der Waals surface area contributed by atoms with Gasteiger partial charge in [0.25, 0.3) is 15.9 Å². The van der Waals surface area contributed by atoms with Crippen LogP contribution in [0.4, 0.5) is 11.4 Å². The number of anilines is 2. The van der Waals surface area contributed by atoms with Crippen LogP contribution >= 0.6 is 0 Å². The highest BCUT2D eigenvalue weighted by Gasteiger charge is 2.29. The first-order chi connectivity index (χ1) is 13.2. The van der Waals surface area contributed by atoms with Crippen molar-refractivity contribution in [3.63, 3.8) is 0 Å². The van der Waals surface area contributed by atoms with Crippen molar-refractivity contribution in [1.82, 2.24) is 5.43 Å². The molecule has 0 radical (unpaired) electrons. The predicted octanol–water partition coefficient (Wildman–Crippen LogP) is 1.95. The van der Waals surface area contributed by atoms with Crippen LogP contribution in [0.15, 0.2) is 53.4 Å². The Balaban J connectivity index is 2.54. The van der Waals surface area contributed by atoms with Crippen LogP contribution < -0.4 is 20.9 Å². The molecule has 28 heavy (non-hydrogen) atoms. The zero-order valence-electron chi connectivity index (χ0n) is 16.0. The summed E-state index contributed by atoms with van der Waals surface area (Å²) in [4.78, 5) is 23.1. The first-order valence-corrected chi connectivity index (χ1v) is 10.1. The maximum Gasteiger partial charge on any atom is 0.264 e. The fourth-order valence-corrected chi connectivity index (χ4v) is 4.17. The fourth-order valence-electron chi connectivity index (χ4n) is 2.72. The fraction of sp³-hybridized carbons (Fsp3) is 0.263. The highest BCUT2D eigenvalue weighted by atomic mass is 32.2. The van der Waals surface area contributed by atoms with Gasteiger partial charge < -0.3 is 5.32 Å². The van der Waals surface area contributed by atoms with Crippen molar-refractivity contribution in [3.8, 4) is 0 Å². The van der Waals surface area contributed by atoms with E-state index < -0.39 is 22.5 Å². The van der Waals surface area contributed by atoms with Gasteiger partial charge in [-0.1, -0.05) is 32.0 Å². The molecular formula is C19H24N4O4S. The number of carbonyl (C=O) groups is 2. The minimum atomic E-state index is -4.06. The van der Waals surface area contributed by atoms with Gasteiger partial charge >= 0.3 is 0 Å². The van der Waals surface area contributed by atoms with Gasteiger partial charge in [0.1, 0.15) is 6.54 Å². The van der Waals surface area contributed by atoms with Crippen LogP contribution in [-0.2, 0) is 19.6 Å². The number of hydrogen-bond donors (Lipinski definition) is 3. The number of carbonyl (C=O) groups excluding carboxylic acids is 2. The standard InChI is InChI=1S/C19H24N4O4S/c1-13(2)17-6-4-5-7-18(17)23(12-19(25)22-20)28(26,27)16-10-8-15(9-11-16)21-14(3)24/h4-11,13H,12,20H2,1-3H3,(H,21,24)(H,22,25). The molecule has 0 heterocycles. The molecule has 0 spiro atoms. The van der Waals surface area contributed by atoms with Gasteiger partial charge in [-0.05, 0) is 41.8 Å². The van der Waals surface area contributed by atoms with Crippen molar-refractivity contribution in [2.75, 3.05) is 16.2 Å². The molecule has 0 bridgehead atoms. The SMILES string of the molecule is CC(=O)Nc1ccc(S(=O)(=O)N(CC(=O)NN)c2ccccc2C(C)C)cc1. The van der Waals surface area contributed by atoms with Crippen LogP contribution in [0.1, 0.15) is 32.3 Å². The second-order valence-electron chi connectivity index (χ2n) is 6.50. The third-order valence-electron chi connectivity index (χ3n) is 4.04. The topological polar surface area (TPSA) is 122 Å². The zero-order chi connectivity index (χ0) is 20.9. The summed E-state index contributed by atoms with van der Waals surface area (Å²) in [5.41, 5.74) is 3.64. The lowest BCUT2D eigenvalue weighted by molar-refractivity contribution is -0.119. The van der Waals surface area contributed by atoms with Gasteiger partial charge in [0.15, 0.2) is 0 Å². The smallest absolute Gasteiger partial charge is 0.264 e. The predicted molar refractivity (Wildman–Crippen MR) is 108 cm³/mol. The average Bonchev–Trinajstić information content (AvgIpc) is 2.65. The van der Waals surface area contributed by atoms with Gasteiger partial charge in [0.05, 0.1) is 10.6 Å². The molecule has 9 heteroatoms.